The van der Waals surface area contributed by atoms with Crippen LogP contribution in [0.1, 0.15) is 18.1 Å². The predicted molar refractivity (Wildman–Crippen MR) is 80.6 cm³/mol. The average Bonchev–Trinajstić information content (AvgIpc) is 2.92. The van der Waals surface area contributed by atoms with E-state index in [0.717, 1.165) is 18.7 Å². The summed E-state index contributed by atoms with van der Waals surface area (Å²) in [7, 11) is 1.43. The van der Waals surface area contributed by atoms with Crippen molar-refractivity contribution in [2.45, 2.75) is 20.0 Å². The third kappa shape index (κ3) is 3.82. The normalized spacial score (nSPS) is 10.6. The molecule has 0 unspecified atom stereocenters. The summed E-state index contributed by atoms with van der Waals surface area (Å²) in [5, 5.41) is 14.3. The first-order valence-corrected chi connectivity index (χ1v) is 6.80. The Balaban J connectivity index is 2.14. The minimum atomic E-state index is -0.422. The van der Waals surface area contributed by atoms with Crippen LogP contribution in [-0.4, -0.2) is 23.1 Å². The van der Waals surface area contributed by atoms with Crippen LogP contribution >= 0.6 is 0 Å². The molecule has 21 heavy (non-hydrogen) atoms. The maximum absolute atomic E-state index is 11.0. The number of nitrogens with zero attached hydrogens (tertiary/aromatic N) is 2. The summed E-state index contributed by atoms with van der Waals surface area (Å²) in [6.07, 6.45) is 4.02. The van der Waals surface area contributed by atoms with Crippen LogP contribution in [0.3, 0.4) is 0 Å². The van der Waals surface area contributed by atoms with Crippen LogP contribution in [0.5, 0.6) is 5.75 Å². The molecule has 1 N–H and O–H groups in total. The van der Waals surface area contributed by atoms with Crippen molar-refractivity contribution in [3.8, 4) is 5.75 Å². The maximum Gasteiger partial charge on any atom is 0.311 e. The molecule has 0 fully saturated rings. The molecule has 0 atom stereocenters. The van der Waals surface area contributed by atoms with Gasteiger partial charge in [0.25, 0.3) is 0 Å². The molecule has 6 nitrogen and oxygen atoms in total. The summed E-state index contributed by atoms with van der Waals surface area (Å²) in [5.41, 5.74) is 2.06. The van der Waals surface area contributed by atoms with Crippen LogP contribution in [0.25, 0.3) is 0 Å². The highest BCUT2D eigenvalue weighted by Gasteiger charge is 2.15. The maximum atomic E-state index is 11.0. The fourth-order valence-corrected chi connectivity index (χ4v) is 2.15. The third-order valence-electron chi connectivity index (χ3n) is 3.20. The summed E-state index contributed by atoms with van der Waals surface area (Å²) in [5.74, 6) is 0.282. The fraction of sp³-hybridized carbons (Fsp3) is 0.333. The average molecular weight is 289 g/mol. The van der Waals surface area contributed by atoms with Crippen molar-refractivity contribution >= 4 is 5.69 Å². The molecule has 1 aromatic heterocycles. The van der Waals surface area contributed by atoms with Crippen LogP contribution in [0.15, 0.2) is 36.7 Å². The third-order valence-corrected chi connectivity index (χ3v) is 3.20. The number of nitro benzene ring substituents is 1. The van der Waals surface area contributed by atoms with E-state index in [0.29, 0.717) is 6.54 Å². The van der Waals surface area contributed by atoms with Crippen LogP contribution in [-0.2, 0) is 13.1 Å². The Labute approximate surface area is 123 Å². The Hall–Kier alpha value is -2.34. The lowest BCUT2D eigenvalue weighted by atomic mass is 10.2. The molecular formula is C15H19N3O3. The van der Waals surface area contributed by atoms with Crippen molar-refractivity contribution in [3.63, 3.8) is 0 Å². The first-order valence-electron chi connectivity index (χ1n) is 6.80. The molecule has 0 aliphatic rings. The number of benzene rings is 1. The van der Waals surface area contributed by atoms with Crippen molar-refractivity contribution < 1.29 is 9.66 Å². The molecule has 2 rings (SSSR count). The number of rotatable bonds is 7. The zero-order valence-corrected chi connectivity index (χ0v) is 12.2. The standard InChI is InChI=1S/C15H19N3O3/c1-3-16-9-13-6-7-17(11-13)10-12-4-5-15(21-2)14(8-12)18(19)20/h4-8,11,16H,3,9-10H2,1-2H3. The Morgan fingerprint density at radius 3 is 2.81 bits per heavy atom. The smallest absolute Gasteiger partial charge is 0.311 e. The molecule has 6 heteroatoms. The number of ether oxygens (including phenoxy) is 1. The van der Waals surface area contributed by atoms with Gasteiger partial charge in [-0.3, -0.25) is 10.1 Å². The monoisotopic (exact) mass is 289 g/mol. The zero-order valence-electron chi connectivity index (χ0n) is 12.2. The van der Waals surface area contributed by atoms with E-state index >= 15 is 0 Å². The lowest BCUT2D eigenvalue weighted by molar-refractivity contribution is -0.385. The van der Waals surface area contributed by atoms with E-state index in [2.05, 4.69) is 12.2 Å². The molecule has 112 valence electrons. The predicted octanol–water partition coefficient (Wildman–Crippen LogP) is 2.56. The topological polar surface area (TPSA) is 69.3 Å². The second-order valence-electron chi connectivity index (χ2n) is 4.74. The summed E-state index contributed by atoms with van der Waals surface area (Å²) >= 11 is 0. The minimum absolute atomic E-state index is 0.00460. The van der Waals surface area contributed by atoms with Crippen molar-refractivity contribution in [2.24, 2.45) is 0 Å². The van der Waals surface area contributed by atoms with Gasteiger partial charge in [-0.25, -0.2) is 0 Å². The number of nitro groups is 1. The number of methoxy groups -OCH3 is 1. The van der Waals surface area contributed by atoms with Gasteiger partial charge in [-0.05, 0) is 29.8 Å². The van der Waals surface area contributed by atoms with Crippen LogP contribution < -0.4 is 10.1 Å². The van der Waals surface area contributed by atoms with Crippen LogP contribution in [0.4, 0.5) is 5.69 Å². The molecule has 0 radical (unpaired) electrons. The lowest BCUT2D eigenvalue weighted by Crippen LogP contribution is -2.11. The van der Waals surface area contributed by atoms with Gasteiger partial charge >= 0.3 is 5.69 Å². The number of nitrogens with one attached hydrogen (secondary N) is 1. The highest BCUT2D eigenvalue weighted by atomic mass is 16.6. The molecule has 0 saturated heterocycles. The van der Waals surface area contributed by atoms with Gasteiger partial charge in [0.15, 0.2) is 5.75 Å². The van der Waals surface area contributed by atoms with Gasteiger partial charge in [0, 0.05) is 31.5 Å². The first kappa shape index (κ1) is 15.1. The molecule has 0 amide bonds. The van der Waals surface area contributed by atoms with Crippen molar-refractivity contribution in [1.29, 1.82) is 0 Å². The molecule has 0 aliphatic carbocycles. The first-order chi connectivity index (χ1) is 10.1. The summed E-state index contributed by atoms with van der Waals surface area (Å²) < 4.78 is 7.02. The lowest BCUT2D eigenvalue weighted by Gasteiger charge is -2.06. The van der Waals surface area contributed by atoms with Gasteiger partial charge in [0.05, 0.1) is 12.0 Å². The fourth-order valence-electron chi connectivity index (χ4n) is 2.15. The van der Waals surface area contributed by atoms with Gasteiger partial charge in [0.2, 0.25) is 0 Å². The van der Waals surface area contributed by atoms with E-state index in [1.807, 2.05) is 29.1 Å². The molecular weight excluding hydrogens is 270 g/mol. The second kappa shape index (κ2) is 6.90. The SMILES string of the molecule is CCNCc1ccn(Cc2ccc(OC)c([N+](=O)[O-])c2)c1. The molecule has 0 spiro atoms. The molecule has 0 bridgehead atoms. The van der Waals surface area contributed by atoms with Crippen molar-refractivity contribution in [2.75, 3.05) is 13.7 Å². The minimum Gasteiger partial charge on any atom is -0.490 e. The number of hydrogen-bond donors (Lipinski definition) is 1. The quantitative estimate of drug-likeness (QED) is 0.628. The van der Waals surface area contributed by atoms with Gasteiger partial charge in [-0.2, -0.15) is 0 Å². The summed E-state index contributed by atoms with van der Waals surface area (Å²) in [4.78, 5) is 10.6. The highest BCUT2D eigenvalue weighted by Crippen LogP contribution is 2.27. The summed E-state index contributed by atoms with van der Waals surface area (Å²) in [6.45, 7) is 4.41. The van der Waals surface area contributed by atoms with E-state index in [-0.39, 0.29) is 11.4 Å². The van der Waals surface area contributed by atoms with Gasteiger partial charge in [-0.1, -0.05) is 13.0 Å². The Bertz CT molecular complexity index is 622. The van der Waals surface area contributed by atoms with Crippen molar-refractivity contribution in [1.82, 2.24) is 9.88 Å². The largest absolute Gasteiger partial charge is 0.490 e. The zero-order chi connectivity index (χ0) is 15.2. The molecule has 0 saturated carbocycles. The Kier molecular flexibility index (Phi) is 4.94. The van der Waals surface area contributed by atoms with E-state index < -0.39 is 4.92 Å². The van der Waals surface area contributed by atoms with Crippen LogP contribution in [0.2, 0.25) is 0 Å². The van der Waals surface area contributed by atoms with Crippen molar-refractivity contribution in [3.05, 3.63) is 57.9 Å². The number of hydrogen-bond acceptors (Lipinski definition) is 4. The van der Waals surface area contributed by atoms with E-state index in [1.54, 1.807) is 12.1 Å². The molecule has 0 aliphatic heterocycles. The van der Waals surface area contributed by atoms with Gasteiger partial charge < -0.3 is 14.6 Å². The van der Waals surface area contributed by atoms with E-state index in [1.165, 1.54) is 12.7 Å². The molecule has 2 aromatic rings. The Morgan fingerprint density at radius 1 is 1.33 bits per heavy atom. The summed E-state index contributed by atoms with van der Waals surface area (Å²) in [6, 6.07) is 7.08. The van der Waals surface area contributed by atoms with Gasteiger partial charge in [0.1, 0.15) is 0 Å². The van der Waals surface area contributed by atoms with E-state index in [9.17, 15) is 10.1 Å². The number of aromatic nitrogens is 1. The highest BCUT2D eigenvalue weighted by molar-refractivity contribution is 5.48. The van der Waals surface area contributed by atoms with E-state index in [4.69, 9.17) is 4.74 Å². The molecule has 1 heterocycles. The van der Waals surface area contributed by atoms with Crippen LogP contribution in [0, 0.1) is 10.1 Å². The van der Waals surface area contributed by atoms with Gasteiger partial charge in [-0.15, -0.1) is 0 Å². The Morgan fingerprint density at radius 2 is 2.14 bits per heavy atom. The second-order valence-corrected chi connectivity index (χ2v) is 4.74. The molecule has 1 aromatic carbocycles.